The Balaban J connectivity index is 1.66. The molecule has 1 atom stereocenters. The van der Waals surface area contributed by atoms with Crippen molar-refractivity contribution in [3.8, 4) is 5.82 Å². The molecule has 0 aliphatic carbocycles. The van der Waals surface area contributed by atoms with E-state index in [-0.39, 0.29) is 17.5 Å². The molecule has 1 unspecified atom stereocenters. The molecule has 0 saturated carbocycles. The van der Waals surface area contributed by atoms with Gasteiger partial charge in [-0.1, -0.05) is 6.07 Å². The number of hydrogen-bond acceptors (Lipinski definition) is 9. The first-order chi connectivity index (χ1) is 16.4. The second-order valence-electron chi connectivity index (χ2n) is 7.61. The number of aromatic nitrogens is 7. The number of aliphatic hydroxyl groups is 1. The molecule has 11 nitrogen and oxygen atoms in total. The van der Waals surface area contributed by atoms with E-state index < -0.39 is 11.5 Å². The van der Waals surface area contributed by atoms with Crippen molar-refractivity contribution in [3.63, 3.8) is 0 Å². The summed E-state index contributed by atoms with van der Waals surface area (Å²) in [7, 11) is 0. The van der Waals surface area contributed by atoms with E-state index in [1.54, 1.807) is 68.0 Å². The first-order valence-electron chi connectivity index (χ1n) is 10.3. The van der Waals surface area contributed by atoms with Crippen LogP contribution < -0.4 is 11.1 Å². The summed E-state index contributed by atoms with van der Waals surface area (Å²) in [6.07, 6.45) is 7.77. The van der Waals surface area contributed by atoms with Gasteiger partial charge < -0.3 is 16.2 Å². The summed E-state index contributed by atoms with van der Waals surface area (Å²) in [6.45, 7) is 1.60. The number of hydrogen-bond donors (Lipinski definition) is 3. The molecular formula is C23H19N9O2. The quantitative estimate of drug-likeness (QED) is 0.362. The van der Waals surface area contributed by atoms with E-state index in [2.05, 4.69) is 35.3 Å². The number of nitrogens with zero attached hydrogens (tertiary/aromatic N) is 7. The number of pyridine rings is 1. The van der Waals surface area contributed by atoms with Gasteiger partial charge in [0.05, 0.1) is 17.4 Å². The fraction of sp³-hybridized carbons (Fsp3) is 0.0870. The fourth-order valence-electron chi connectivity index (χ4n) is 3.55. The van der Waals surface area contributed by atoms with Gasteiger partial charge in [-0.2, -0.15) is 10.1 Å². The van der Waals surface area contributed by atoms with Crippen LogP contribution in [0.15, 0.2) is 73.4 Å². The SMILES string of the molecule is CC(O)(c1ccc2c(C(=O)Nc3cccnc3)nn(-c3ccnc(N)n3)c2c1)c1ncccn1. The third kappa shape index (κ3) is 3.80. The molecule has 5 rings (SSSR count). The number of nitrogens with two attached hydrogens (primary N) is 1. The van der Waals surface area contributed by atoms with E-state index in [0.29, 0.717) is 28.0 Å². The maximum absolute atomic E-state index is 13.1. The van der Waals surface area contributed by atoms with E-state index in [1.807, 2.05) is 0 Å². The van der Waals surface area contributed by atoms with E-state index in [4.69, 9.17) is 5.73 Å². The molecule has 11 heteroatoms. The molecule has 4 heterocycles. The molecule has 1 aromatic carbocycles. The predicted octanol–water partition coefficient (Wildman–Crippen LogP) is 2.09. The number of fused-ring (bicyclic) bond motifs is 1. The van der Waals surface area contributed by atoms with Crippen LogP contribution in [0.1, 0.15) is 28.8 Å². The lowest BCUT2D eigenvalue weighted by atomic mass is 9.94. The molecular weight excluding hydrogens is 434 g/mol. The highest BCUT2D eigenvalue weighted by molar-refractivity contribution is 6.11. The van der Waals surface area contributed by atoms with Gasteiger partial charge in [-0.05, 0) is 42.8 Å². The van der Waals surface area contributed by atoms with Crippen LogP contribution in [0, 0.1) is 0 Å². The molecule has 5 aromatic rings. The Kier molecular flexibility index (Phi) is 5.15. The second-order valence-corrected chi connectivity index (χ2v) is 7.61. The van der Waals surface area contributed by atoms with Gasteiger partial charge in [0, 0.05) is 36.2 Å². The summed E-state index contributed by atoms with van der Waals surface area (Å²) in [6, 6.07) is 11.9. The van der Waals surface area contributed by atoms with Crippen LogP contribution in [-0.4, -0.2) is 45.7 Å². The number of amides is 1. The normalized spacial score (nSPS) is 12.9. The number of nitrogen functional groups attached to an aromatic ring is 1. The number of carbonyl (C=O) groups excluding carboxylic acids is 1. The van der Waals surface area contributed by atoms with Crippen molar-refractivity contribution in [1.29, 1.82) is 0 Å². The zero-order chi connectivity index (χ0) is 23.7. The van der Waals surface area contributed by atoms with Crippen LogP contribution in [-0.2, 0) is 5.60 Å². The van der Waals surface area contributed by atoms with Crippen LogP contribution in [0.2, 0.25) is 0 Å². The van der Waals surface area contributed by atoms with Crippen molar-refractivity contribution in [2.24, 2.45) is 0 Å². The van der Waals surface area contributed by atoms with Gasteiger partial charge in [-0.25, -0.2) is 19.6 Å². The minimum absolute atomic E-state index is 0.0587. The third-order valence-corrected chi connectivity index (χ3v) is 5.26. The predicted molar refractivity (Wildman–Crippen MR) is 124 cm³/mol. The molecule has 1 amide bonds. The number of anilines is 2. The molecule has 0 saturated heterocycles. The molecule has 0 radical (unpaired) electrons. The van der Waals surface area contributed by atoms with Gasteiger partial charge in [0.15, 0.2) is 17.3 Å². The van der Waals surface area contributed by atoms with Gasteiger partial charge in [-0.3, -0.25) is 9.78 Å². The molecule has 168 valence electrons. The average molecular weight is 453 g/mol. The van der Waals surface area contributed by atoms with Gasteiger partial charge in [0.25, 0.3) is 5.91 Å². The Morgan fingerprint density at radius 3 is 2.62 bits per heavy atom. The van der Waals surface area contributed by atoms with E-state index in [9.17, 15) is 9.90 Å². The standard InChI is InChI=1S/C23H19N9O2/c1-23(34,21-26-9-3-10-27-21)14-5-6-16-17(12-14)32(18-7-11-28-22(24)30-18)31-19(16)20(33)29-15-4-2-8-25-13-15/h2-13,34H,1H3,(H,29,33)(H2,24,28,30). The lowest BCUT2D eigenvalue weighted by Gasteiger charge is -2.22. The molecule has 0 aliphatic heterocycles. The lowest BCUT2D eigenvalue weighted by molar-refractivity contribution is 0.0922. The lowest BCUT2D eigenvalue weighted by Crippen LogP contribution is -2.25. The summed E-state index contributed by atoms with van der Waals surface area (Å²) in [5, 5.41) is 19.1. The maximum atomic E-state index is 13.1. The zero-order valence-corrected chi connectivity index (χ0v) is 18.0. The van der Waals surface area contributed by atoms with Crippen LogP contribution in [0.5, 0.6) is 0 Å². The Labute approximate surface area is 193 Å². The van der Waals surface area contributed by atoms with Crippen molar-refractivity contribution in [1.82, 2.24) is 34.7 Å². The fourth-order valence-corrected chi connectivity index (χ4v) is 3.55. The molecule has 0 aliphatic rings. The third-order valence-electron chi connectivity index (χ3n) is 5.26. The van der Waals surface area contributed by atoms with Crippen LogP contribution >= 0.6 is 0 Å². The first-order valence-corrected chi connectivity index (χ1v) is 10.3. The Morgan fingerprint density at radius 2 is 1.88 bits per heavy atom. The Bertz CT molecular complexity index is 1480. The largest absolute Gasteiger partial charge is 0.377 e. The van der Waals surface area contributed by atoms with Crippen molar-refractivity contribution in [2.45, 2.75) is 12.5 Å². The van der Waals surface area contributed by atoms with Crippen LogP contribution in [0.25, 0.3) is 16.7 Å². The monoisotopic (exact) mass is 453 g/mol. The molecule has 4 N–H and O–H groups in total. The first kappa shape index (κ1) is 21.1. The van der Waals surface area contributed by atoms with E-state index in [0.717, 1.165) is 0 Å². The van der Waals surface area contributed by atoms with Gasteiger partial charge in [-0.15, -0.1) is 0 Å². The molecule has 0 spiro atoms. The summed E-state index contributed by atoms with van der Waals surface area (Å²) >= 11 is 0. The van der Waals surface area contributed by atoms with Crippen molar-refractivity contribution < 1.29 is 9.90 Å². The topological polar surface area (TPSA) is 158 Å². The summed E-state index contributed by atoms with van der Waals surface area (Å²) in [5.74, 6) is 0.236. The number of rotatable bonds is 5. The highest BCUT2D eigenvalue weighted by atomic mass is 16.3. The Hall–Kier alpha value is -4.77. The Morgan fingerprint density at radius 1 is 1.06 bits per heavy atom. The summed E-state index contributed by atoms with van der Waals surface area (Å²) in [5.41, 5.74) is 6.02. The van der Waals surface area contributed by atoms with E-state index in [1.165, 1.54) is 17.1 Å². The highest BCUT2D eigenvalue weighted by Gasteiger charge is 2.30. The highest BCUT2D eigenvalue weighted by Crippen LogP contribution is 2.31. The van der Waals surface area contributed by atoms with Crippen LogP contribution in [0.3, 0.4) is 0 Å². The van der Waals surface area contributed by atoms with Gasteiger partial charge in [0.2, 0.25) is 5.95 Å². The minimum Gasteiger partial charge on any atom is -0.377 e. The van der Waals surface area contributed by atoms with Crippen molar-refractivity contribution >= 4 is 28.4 Å². The summed E-state index contributed by atoms with van der Waals surface area (Å²) in [4.78, 5) is 33.7. The molecule has 4 aromatic heterocycles. The zero-order valence-electron chi connectivity index (χ0n) is 18.0. The molecule has 0 fully saturated rings. The van der Waals surface area contributed by atoms with Crippen LogP contribution in [0.4, 0.5) is 11.6 Å². The number of carbonyl (C=O) groups is 1. The van der Waals surface area contributed by atoms with Gasteiger partial charge in [0.1, 0.15) is 5.60 Å². The average Bonchev–Trinajstić information content (AvgIpc) is 3.24. The molecule has 0 bridgehead atoms. The maximum Gasteiger partial charge on any atom is 0.276 e. The number of benzene rings is 1. The summed E-state index contributed by atoms with van der Waals surface area (Å²) < 4.78 is 1.48. The minimum atomic E-state index is -1.49. The molecule has 34 heavy (non-hydrogen) atoms. The second kappa shape index (κ2) is 8.30. The number of nitrogens with one attached hydrogen (secondary N) is 1. The van der Waals surface area contributed by atoms with E-state index >= 15 is 0 Å². The van der Waals surface area contributed by atoms with Crippen molar-refractivity contribution in [3.05, 3.63) is 90.5 Å². The smallest absolute Gasteiger partial charge is 0.276 e. The van der Waals surface area contributed by atoms with Crippen molar-refractivity contribution in [2.75, 3.05) is 11.1 Å². The van der Waals surface area contributed by atoms with Gasteiger partial charge >= 0.3 is 0 Å².